The number of rotatable bonds is 6. The predicted molar refractivity (Wildman–Crippen MR) is 91.7 cm³/mol. The van der Waals surface area contributed by atoms with Crippen molar-refractivity contribution < 1.29 is 4.74 Å². The molecule has 0 aliphatic rings. The Bertz CT molecular complexity index is 585. The SMILES string of the molecule is CCC(N[C@H](C)c1cccc(Br)c1)c1ccccc1OC. The van der Waals surface area contributed by atoms with Gasteiger partial charge < -0.3 is 10.1 Å². The molecule has 1 N–H and O–H groups in total. The van der Waals surface area contributed by atoms with E-state index in [1.807, 2.05) is 18.2 Å². The predicted octanol–water partition coefficient (Wildman–Crippen LogP) is 5.26. The van der Waals surface area contributed by atoms with Crippen LogP contribution in [0.15, 0.2) is 53.0 Å². The molecule has 0 heterocycles. The van der Waals surface area contributed by atoms with Gasteiger partial charge in [-0.2, -0.15) is 0 Å². The lowest BCUT2D eigenvalue weighted by Gasteiger charge is -2.24. The Morgan fingerprint density at radius 3 is 2.57 bits per heavy atom. The second-order valence-electron chi connectivity index (χ2n) is 5.15. The van der Waals surface area contributed by atoms with Gasteiger partial charge in [-0.1, -0.05) is 53.2 Å². The largest absolute Gasteiger partial charge is 0.496 e. The summed E-state index contributed by atoms with van der Waals surface area (Å²) in [6, 6.07) is 17.2. The first kappa shape index (κ1) is 16.1. The molecule has 2 nitrogen and oxygen atoms in total. The Balaban J connectivity index is 2.19. The molecule has 0 aliphatic heterocycles. The van der Waals surface area contributed by atoms with Gasteiger partial charge in [0.2, 0.25) is 0 Å². The van der Waals surface area contributed by atoms with E-state index in [1.165, 1.54) is 11.1 Å². The van der Waals surface area contributed by atoms with E-state index in [2.05, 4.69) is 65.4 Å². The second kappa shape index (κ2) is 7.62. The summed E-state index contributed by atoms with van der Waals surface area (Å²) in [5.74, 6) is 0.943. The van der Waals surface area contributed by atoms with Crippen LogP contribution in [0.1, 0.15) is 43.5 Å². The smallest absolute Gasteiger partial charge is 0.123 e. The molecular formula is C18H22BrNO. The molecule has 0 aliphatic carbocycles. The van der Waals surface area contributed by atoms with Crippen molar-refractivity contribution in [3.63, 3.8) is 0 Å². The first-order chi connectivity index (χ1) is 10.2. The summed E-state index contributed by atoms with van der Waals surface area (Å²) < 4.78 is 6.60. The van der Waals surface area contributed by atoms with E-state index in [-0.39, 0.29) is 12.1 Å². The zero-order valence-electron chi connectivity index (χ0n) is 12.8. The number of hydrogen-bond donors (Lipinski definition) is 1. The fourth-order valence-electron chi connectivity index (χ4n) is 2.56. The Morgan fingerprint density at radius 1 is 1.14 bits per heavy atom. The molecule has 0 aromatic heterocycles. The fourth-order valence-corrected chi connectivity index (χ4v) is 2.97. The van der Waals surface area contributed by atoms with Crippen LogP contribution in [0.5, 0.6) is 5.75 Å². The molecule has 2 aromatic rings. The maximum Gasteiger partial charge on any atom is 0.123 e. The highest BCUT2D eigenvalue weighted by molar-refractivity contribution is 9.10. The molecule has 0 saturated heterocycles. The molecule has 3 heteroatoms. The number of benzene rings is 2. The van der Waals surface area contributed by atoms with Crippen molar-refractivity contribution in [3.8, 4) is 5.75 Å². The molecule has 0 spiro atoms. The normalized spacial score (nSPS) is 13.7. The third-order valence-electron chi connectivity index (χ3n) is 3.72. The standard InChI is InChI=1S/C18H22BrNO/c1-4-17(16-10-5-6-11-18(16)21-3)20-13(2)14-8-7-9-15(19)12-14/h5-13,17,20H,4H2,1-3H3/t13-,17?/m1/s1. The van der Waals surface area contributed by atoms with Gasteiger partial charge in [0.1, 0.15) is 5.75 Å². The molecule has 1 unspecified atom stereocenters. The summed E-state index contributed by atoms with van der Waals surface area (Å²) in [6.45, 7) is 4.39. The number of halogens is 1. The average molecular weight is 348 g/mol. The summed E-state index contributed by atoms with van der Waals surface area (Å²) in [5.41, 5.74) is 2.49. The molecule has 0 amide bonds. The minimum Gasteiger partial charge on any atom is -0.496 e. The Morgan fingerprint density at radius 2 is 1.90 bits per heavy atom. The van der Waals surface area contributed by atoms with Gasteiger partial charge in [-0.25, -0.2) is 0 Å². The van der Waals surface area contributed by atoms with Gasteiger partial charge in [-0.05, 0) is 37.1 Å². The van der Waals surface area contributed by atoms with Gasteiger partial charge in [0.15, 0.2) is 0 Å². The molecule has 21 heavy (non-hydrogen) atoms. The number of ether oxygens (including phenoxy) is 1. The van der Waals surface area contributed by atoms with Crippen molar-refractivity contribution in [2.45, 2.75) is 32.4 Å². The van der Waals surface area contributed by atoms with Gasteiger partial charge in [0, 0.05) is 22.1 Å². The van der Waals surface area contributed by atoms with E-state index in [1.54, 1.807) is 7.11 Å². The molecule has 0 bridgehead atoms. The minimum absolute atomic E-state index is 0.273. The first-order valence-electron chi connectivity index (χ1n) is 7.30. The lowest BCUT2D eigenvalue weighted by Crippen LogP contribution is -2.24. The molecule has 2 rings (SSSR count). The van der Waals surface area contributed by atoms with Gasteiger partial charge in [-0.15, -0.1) is 0 Å². The van der Waals surface area contributed by atoms with Crippen LogP contribution >= 0.6 is 15.9 Å². The van der Waals surface area contributed by atoms with Gasteiger partial charge >= 0.3 is 0 Å². The van der Waals surface area contributed by atoms with Crippen molar-refractivity contribution in [2.24, 2.45) is 0 Å². The van der Waals surface area contributed by atoms with Crippen molar-refractivity contribution in [2.75, 3.05) is 7.11 Å². The van der Waals surface area contributed by atoms with Gasteiger partial charge in [0.25, 0.3) is 0 Å². The van der Waals surface area contributed by atoms with E-state index in [9.17, 15) is 0 Å². The van der Waals surface area contributed by atoms with Crippen LogP contribution < -0.4 is 10.1 Å². The Kier molecular flexibility index (Phi) is 5.83. The van der Waals surface area contributed by atoms with Crippen molar-refractivity contribution in [1.82, 2.24) is 5.32 Å². The van der Waals surface area contributed by atoms with E-state index in [4.69, 9.17) is 4.74 Å². The molecule has 0 radical (unpaired) electrons. The zero-order valence-corrected chi connectivity index (χ0v) is 14.4. The second-order valence-corrected chi connectivity index (χ2v) is 6.06. The van der Waals surface area contributed by atoms with Crippen LogP contribution in [0.3, 0.4) is 0 Å². The Labute approximate surface area is 135 Å². The monoisotopic (exact) mass is 347 g/mol. The molecular weight excluding hydrogens is 326 g/mol. The van der Waals surface area contributed by atoms with E-state index in [0.717, 1.165) is 16.6 Å². The third kappa shape index (κ3) is 4.08. The van der Waals surface area contributed by atoms with E-state index < -0.39 is 0 Å². The first-order valence-corrected chi connectivity index (χ1v) is 8.09. The van der Waals surface area contributed by atoms with E-state index in [0.29, 0.717) is 0 Å². The Hall–Kier alpha value is -1.32. The minimum atomic E-state index is 0.273. The number of nitrogens with one attached hydrogen (secondary N) is 1. The topological polar surface area (TPSA) is 21.3 Å². The highest BCUT2D eigenvalue weighted by atomic mass is 79.9. The number of methoxy groups -OCH3 is 1. The van der Waals surface area contributed by atoms with Crippen LogP contribution in [-0.4, -0.2) is 7.11 Å². The summed E-state index contributed by atoms with van der Waals surface area (Å²) >= 11 is 3.53. The summed E-state index contributed by atoms with van der Waals surface area (Å²) in [6.07, 6.45) is 1.01. The van der Waals surface area contributed by atoms with Gasteiger partial charge in [-0.3, -0.25) is 0 Å². The lowest BCUT2D eigenvalue weighted by molar-refractivity contribution is 0.388. The molecule has 0 fully saturated rings. The zero-order chi connectivity index (χ0) is 15.2. The van der Waals surface area contributed by atoms with Crippen molar-refractivity contribution >= 4 is 15.9 Å². The number of hydrogen-bond acceptors (Lipinski definition) is 2. The van der Waals surface area contributed by atoms with Gasteiger partial charge in [0.05, 0.1) is 7.11 Å². The lowest BCUT2D eigenvalue weighted by atomic mass is 10.0. The maximum absolute atomic E-state index is 5.49. The van der Waals surface area contributed by atoms with Crippen LogP contribution in [0, 0.1) is 0 Å². The highest BCUT2D eigenvalue weighted by Crippen LogP contribution is 2.29. The summed E-state index contributed by atoms with van der Waals surface area (Å²) in [5, 5.41) is 3.70. The van der Waals surface area contributed by atoms with Crippen LogP contribution in [0.2, 0.25) is 0 Å². The fraction of sp³-hybridized carbons (Fsp3) is 0.333. The van der Waals surface area contributed by atoms with Crippen LogP contribution in [-0.2, 0) is 0 Å². The summed E-state index contributed by atoms with van der Waals surface area (Å²) in [7, 11) is 1.73. The quantitative estimate of drug-likeness (QED) is 0.769. The van der Waals surface area contributed by atoms with Crippen molar-refractivity contribution in [1.29, 1.82) is 0 Å². The van der Waals surface area contributed by atoms with Crippen LogP contribution in [0.4, 0.5) is 0 Å². The molecule has 0 saturated carbocycles. The highest BCUT2D eigenvalue weighted by Gasteiger charge is 2.17. The molecule has 2 atom stereocenters. The summed E-state index contributed by atoms with van der Waals surface area (Å²) in [4.78, 5) is 0. The molecule has 112 valence electrons. The van der Waals surface area contributed by atoms with Crippen LogP contribution in [0.25, 0.3) is 0 Å². The van der Waals surface area contributed by atoms with Crippen molar-refractivity contribution in [3.05, 3.63) is 64.1 Å². The van der Waals surface area contributed by atoms with E-state index >= 15 is 0 Å². The average Bonchev–Trinajstić information content (AvgIpc) is 2.52. The maximum atomic E-state index is 5.49. The molecule has 2 aromatic carbocycles. The number of para-hydroxylation sites is 1. The third-order valence-corrected chi connectivity index (χ3v) is 4.22.